The van der Waals surface area contributed by atoms with Crippen LogP contribution in [0.25, 0.3) is 17.8 Å². The van der Waals surface area contributed by atoms with E-state index in [9.17, 15) is 9.90 Å². The summed E-state index contributed by atoms with van der Waals surface area (Å²) in [6, 6.07) is 6.56. The van der Waals surface area contributed by atoms with Gasteiger partial charge < -0.3 is 14.7 Å². The van der Waals surface area contributed by atoms with E-state index in [1.165, 1.54) is 0 Å². The van der Waals surface area contributed by atoms with E-state index in [1.54, 1.807) is 27.8 Å². The van der Waals surface area contributed by atoms with Gasteiger partial charge in [0.25, 0.3) is 0 Å². The molecule has 0 radical (unpaired) electrons. The van der Waals surface area contributed by atoms with Gasteiger partial charge in [-0.1, -0.05) is 30.3 Å². The highest BCUT2D eigenvalue weighted by Crippen LogP contribution is 2.16. The number of carbonyl (C=O) groups is 1. The summed E-state index contributed by atoms with van der Waals surface area (Å²) in [7, 11) is 0. The van der Waals surface area contributed by atoms with Crippen LogP contribution in [0.4, 0.5) is 5.82 Å². The number of carboxylic acids is 1. The molecule has 6 nitrogen and oxygen atoms in total. The first-order valence-electron chi connectivity index (χ1n) is 8.28. The number of nitrogens with zero attached hydrogens (tertiary/aromatic N) is 3. The van der Waals surface area contributed by atoms with Gasteiger partial charge in [0.15, 0.2) is 11.9 Å². The zero-order valence-electron chi connectivity index (χ0n) is 14.4. The molecule has 0 amide bonds. The van der Waals surface area contributed by atoms with E-state index in [2.05, 4.69) is 6.58 Å². The number of benzene rings is 1. The molecular weight excluding hydrogens is 354 g/mol. The number of morpholine rings is 1. The number of hydrogen-bond donors (Lipinski definition) is 1. The summed E-state index contributed by atoms with van der Waals surface area (Å²) in [4.78, 5) is 13.4. The summed E-state index contributed by atoms with van der Waals surface area (Å²) >= 11 is 5.99. The molecule has 0 saturated carbocycles. The number of hydrogen-bond acceptors (Lipinski definition) is 4. The standard InChI is InChI=1S/C19H20ClN3O3/c1-3-5-15-16(4-2)23(14-8-6-13(20)7-9-14)21-18(15)22-10-11-26-12-17(22)19(24)25/h3-9,17H,1,10-12H2,2H3,(H,24,25)/b15-5+,16-4+. The summed E-state index contributed by atoms with van der Waals surface area (Å²) in [6.45, 7) is 6.74. The van der Waals surface area contributed by atoms with E-state index in [0.29, 0.717) is 24.0 Å². The van der Waals surface area contributed by atoms with Gasteiger partial charge in [-0.2, -0.15) is 0 Å². The predicted molar refractivity (Wildman–Crippen MR) is 102 cm³/mol. The number of carboxylic acid groups (broad SMARTS) is 1. The van der Waals surface area contributed by atoms with Crippen LogP contribution in [0.3, 0.4) is 0 Å². The summed E-state index contributed by atoms with van der Waals surface area (Å²) in [5.74, 6) is -0.332. The molecule has 1 aliphatic heterocycles. The van der Waals surface area contributed by atoms with Gasteiger partial charge >= 0.3 is 5.97 Å². The van der Waals surface area contributed by atoms with Gasteiger partial charge in [0.1, 0.15) is 0 Å². The molecule has 3 rings (SSSR count). The summed E-state index contributed by atoms with van der Waals surface area (Å²) in [5, 5.41) is 16.6. The molecule has 0 aliphatic carbocycles. The lowest BCUT2D eigenvalue weighted by molar-refractivity contribution is -0.141. The van der Waals surface area contributed by atoms with Crippen molar-refractivity contribution in [3.05, 3.63) is 52.5 Å². The summed E-state index contributed by atoms with van der Waals surface area (Å²) in [5.41, 5.74) is 0.840. The highest BCUT2D eigenvalue weighted by atomic mass is 35.5. The van der Waals surface area contributed by atoms with Gasteiger partial charge in [0, 0.05) is 16.8 Å². The second-order valence-electron chi connectivity index (χ2n) is 5.82. The second-order valence-corrected chi connectivity index (χ2v) is 6.26. The van der Waals surface area contributed by atoms with Crippen LogP contribution in [-0.2, 0) is 9.53 Å². The first-order chi connectivity index (χ1) is 12.6. The molecule has 2 heterocycles. The number of ether oxygens (including phenoxy) is 1. The number of aromatic nitrogens is 2. The fourth-order valence-electron chi connectivity index (χ4n) is 3.04. The molecule has 1 saturated heterocycles. The van der Waals surface area contributed by atoms with Crippen LogP contribution in [0.15, 0.2) is 36.9 Å². The Kier molecular flexibility index (Phi) is 5.44. The van der Waals surface area contributed by atoms with Crippen LogP contribution < -0.4 is 15.5 Å². The molecule has 136 valence electrons. The Morgan fingerprint density at radius 1 is 1.42 bits per heavy atom. The smallest absolute Gasteiger partial charge is 0.328 e. The Hall–Kier alpha value is -2.57. The predicted octanol–water partition coefficient (Wildman–Crippen LogP) is 1.58. The minimum absolute atomic E-state index is 0.127. The van der Waals surface area contributed by atoms with Crippen molar-refractivity contribution in [1.82, 2.24) is 9.78 Å². The van der Waals surface area contributed by atoms with Crippen LogP contribution in [0, 0.1) is 0 Å². The van der Waals surface area contributed by atoms with E-state index in [4.69, 9.17) is 21.4 Å². The maximum atomic E-state index is 11.7. The fourth-order valence-corrected chi connectivity index (χ4v) is 3.17. The van der Waals surface area contributed by atoms with E-state index in [0.717, 1.165) is 16.3 Å². The molecule has 1 aromatic carbocycles. The van der Waals surface area contributed by atoms with Gasteiger partial charge in [0.2, 0.25) is 0 Å². The first kappa shape index (κ1) is 18.2. The molecular formula is C19H20ClN3O3. The van der Waals surface area contributed by atoms with Crippen molar-refractivity contribution < 1.29 is 14.6 Å². The second kappa shape index (κ2) is 7.76. The third kappa shape index (κ3) is 3.38. The molecule has 2 aromatic rings. The molecule has 7 heteroatoms. The maximum Gasteiger partial charge on any atom is 0.328 e. The zero-order valence-corrected chi connectivity index (χ0v) is 15.2. The van der Waals surface area contributed by atoms with Gasteiger partial charge in [-0.3, -0.25) is 0 Å². The Labute approximate surface area is 156 Å². The lowest BCUT2D eigenvalue weighted by Crippen LogP contribution is -2.52. The van der Waals surface area contributed by atoms with Crippen molar-refractivity contribution in [1.29, 1.82) is 0 Å². The largest absolute Gasteiger partial charge is 0.480 e. The fraction of sp³-hybridized carbons (Fsp3) is 0.263. The Morgan fingerprint density at radius 2 is 2.15 bits per heavy atom. The minimum atomic E-state index is -0.933. The Balaban J connectivity index is 2.22. The first-order valence-corrected chi connectivity index (χ1v) is 8.66. The van der Waals surface area contributed by atoms with Gasteiger partial charge in [-0.05, 0) is 37.3 Å². The average Bonchev–Trinajstić information content (AvgIpc) is 3.01. The highest BCUT2D eigenvalue weighted by molar-refractivity contribution is 6.30. The quantitative estimate of drug-likeness (QED) is 0.881. The van der Waals surface area contributed by atoms with Crippen LogP contribution in [0.1, 0.15) is 6.92 Å². The molecule has 1 aliphatic rings. The number of rotatable bonds is 4. The Morgan fingerprint density at radius 3 is 2.77 bits per heavy atom. The van der Waals surface area contributed by atoms with Crippen LogP contribution in [0.2, 0.25) is 5.02 Å². The third-order valence-corrected chi connectivity index (χ3v) is 4.51. The van der Waals surface area contributed by atoms with Gasteiger partial charge in [-0.25, -0.2) is 9.48 Å². The molecule has 1 atom stereocenters. The number of allylic oxidation sites excluding steroid dienone is 1. The van der Waals surface area contributed by atoms with Crippen LogP contribution in [0.5, 0.6) is 0 Å². The number of aliphatic carboxylic acids is 1. The van der Waals surface area contributed by atoms with Crippen molar-refractivity contribution in [2.45, 2.75) is 13.0 Å². The molecule has 1 N–H and O–H groups in total. The zero-order chi connectivity index (χ0) is 18.7. The highest BCUT2D eigenvalue weighted by Gasteiger charge is 2.31. The maximum absolute atomic E-state index is 11.7. The molecule has 1 fully saturated rings. The van der Waals surface area contributed by atoms with E-state index in [1.807, 2.05) is 31.2 Å². The minimum Gasteiger partial charge on any atom is -0.480 e. The van der Waals surface area contributed by atoms with E-state index in [-0.39, 0.29) is 6.61 Å². The topological polar surface area (TPSA) is 67.6 Å². The average molecular weight is 374 g/mol. The normalized spacial score (nSPS) is 19.0. The molecule has 0 spiro atoms. The Bertz CT molecular complexity index is 934. The number of anilines is 1. The van der Waals surface area contributed by atoms with Crippen molar-refractivity contribution in [2.75, 3.05) is 24.7 Å². The third-order valence-electron chi connectivity index (χ3n) is 4.25. The van der Waals surface area contributed by atoms with Crippen molar-refractivity contribution >= 4 is 35.5 Å². The SMILES string of the molecule is C=C/C=c1/c(N2CCOCC2C(=O)O)nn(-c2ccc(Cl)cc2)/c1=C/C. The van der Waals surface area contributed by atoms with Gasteiger partial charge in [0.05, 0.1) is 24.3 Å². The van der Waals surface area contributed by atoms with E-state index >= 15 is 0 Å². The molecule has 1 unspecified atom stereocenters. The summed E-state index contributed by atoms with van der Waals surface area (Å²) in [6.07, 6.45) is 5.46. The molecule has 1 aromatic heterocycles. The van der Waals surface area contributed by atoms with Crippen LogP contribution in [-0.4, -0.2) is 46.7 Å². The lowest BCUT2D eigenvalue weighted by Gasteiger charge is -2.33. The lowest BCUT2D eigenvalue weighted by atomic mass is 10.2. The molecule has 26 heavy (non-hydrogen) atoms. The number of halogens is 1. The van der Waals surface area contributed by atoms with E-state index < -0.39 is 12.0 Å². The van der Waals surface area contributed by atoms with Gasteiger partial charge in [-0.15, -0.1) is 5.10 Å². The van der Waals surface area contributed by atoms with Crippen LogP contribution >= 0.6 is 11.6 Å². The summed E-state index contributed by atoms with van der Waals surface area (Å²) < 4.78 is 7.13. The van der Waals surface area contributed by atoms with Crippen molar-refractivity contribution in [2.24, 2.45) is 0 Å². The van der Waals surface area contributed by atoms with Crippen molar-refractivity contribution in [3.63, 3.8) is 0 Å². The monoisotopic (exact) mass is 373 g/mol. The molecule has 0 bridgehead atoms. The van der Waals surface area contributed by atoms with Crippen molar-refractivity contribution in [3.8, 4) is 5.69 Å².